The average Bonchev–Trinajstić information content (AvgIpc) is 2.61. The van der Waals surface area contributed by atoms with Crippen LogP contribution in [0.4, 0.5) is 0 Å². The number of thioether (sulfide) groups is 1. The number of benzene rings is 1. The van der Waals surface area contributed by atoms with Gasteiger partial charge in [-0.1, -0.05) is 35.6 Å². The minimum atomic E-state index is -0.154. The lowest BCUT2D eigenvalue weighted by atomic mass is 10.2. The Morgan fingerprint density at radius 2 is 2.21 bits per heavy atom. The molecule has 1 saturated heterocycles. The number of hydrogen-bond acceptors (Lipinski definition) is 5. The van der Waals surface area contributed by atoms with Crippen LogP contribution in [-0.4, -0.2) is 34.4 Å². The van der Waals surface area contributed by atoms with Crippen LogP contribution in [0.5, 0.6) is 11.5 Å². The van der Waals surface area contributed by atoms with E-state index in [9.17, 15) is 9.90 Å². The van der Waals surface area contributed by atoms with Gasteiger partial charge in [-0.05, 0) is 23.8 Å². The molecular weight excluding hydrogens is 306 g/mol. The summed E-state index contributed by atoms with van der Waals surface area (Å²) in [6, 6.07) is 3.16. The number of ether oxygens (including phenoxy) is 1. The van der Waals surface area contributed by atoms with Crippen LogP contribution in [-0.2, 0) is 4.79 Å². The fraction of sp³-hybridized carbons (Fsp3) is 0.167. The van der Waals surface area contributed by atoms with Crippen LogP contribution in [0.3, 0.4) is 0 Å². The van der Waals surface area contributed by atoms with E-state index in [1.807, 2.05) is 0 Å². The zero-order valence-electron chi connectivity index (χ0n) is 10.1. The second kappa shape index (κ2) is 5.40. The van der Waals surface area contributed by atoms with E-state index >= 15 is 0 Å². The quantitative estimate of drug-likeness (QED) is 0.672. The fourth-order valence-corrected chi connectivity index (χ4v) is 2.93. The Balaban J connectivity index is 2.42. The third-order valence-electron chi connectivity index (χ3n) is 2.55. The number of phenolic OH excluding ortho intramolecular Hbond substituents is 1. The number of nitrogens with zero attached hydrogens (tertiary/aromatic N) is 1. The molecule has 1 amide bonds. The van der Waals surface area contributed by atoms with Gasteiger partial charge in [0.2, 0.25) is 0 Å². The van der Waals surface area contributed by atoms with Crippen molar-refractivity contribution in [1.82, 2.24) is 4.90 Å². The molecule has 0 spiro atoms. The van der Waals surface area contributed by atoms with Crippen molar-refractivity contribution in [3.63, 3.8) is 0 Å². The van der Waals surface area contributed by atoms with Gasteiger partial charge in [0.15, 0.2) is 11.5 Å². The fourth-order valence-electron chi connectivity index (χ4n) is 1.53. The first-order chi connectivity index (χ1) is 8.93. The molecule has 1 aromatic rings. The molecule has 19 heavy (non-hydrogen) atoms. The molecule has 1 N–H and O–H groups in total. The van der Waals surface area contributed by atoms with Crippen molar-refractivity contribution in [2.75, 3.05) is 14.2 Å². The van der Waals surface area contributed by atoms with E-state index < -0.39 is 0 Å². The summed E-state index contributed by atoms with van der Waals surface area (Å²) in [5, 5.41) is 9.80. The molecule has 2 rings (SSSR count). The van der Waals surface area contributed by atoms with Gasteiger partial charge >= 0.3 is 0 Å². The molecule has 0 unspecified atom stereocenters. The Morgan fingerprint density at radius 1 is 1.53 bits per heavy atom. The minimum Gasteiger partial charge on any atom is -0.503 e. The Hall–Kier alpha value is -1.24. The molecular formula is C12H10ClNO3S2. The predicted octanol–water partition coefficient (Wildman–Crippen LogP) is 2.89. The van der Waals surface area contributed by atoms with Gasteiger partial charge in [-0.3, -0.25) is 9.69 Å². The number of amides is 1. The molecule has 1 heterocycles. The highest BCUT2D eigenvalue weighted by Crippen LogP contribution is 2.37. The van der Waals surface area contributed by atoms with Crippen molar-refractivity contribution in [3.8, 4) is 11.5 Å². The predicted molar refractivity (Wildman–Crippen MR) is 80.6 cm³/mol. The van der Waals surface area contributed by atoms with Gasteiger partial charge in [0, 0.05) is 7.05 Å². The summed E-state index contributed by atoms with van der Waals surface area (Å²) in [6.45, 7) is 0. The number of rotatable bonds is 2. The minimum absolute atomic E-state index is 0.121. The average molecular weight is 316 g/mol. The maximum absolute atomic E-state index is 11.9. The first kappa shape index (κ1) is 14.2. The van der Waals surface area contributed by atoms with E-state index in [0.29, 0.717) is 14.8 Å². The lowest BCUT2D eigenvalue weighted by Crippen LogP contribution is -2.22. The second-order valence-corrected chi connectivity index (χ2v) is 5.88. The van der Waals surface area contributed by atoms with Crippen molar-refractivity contribution in [3.05, 3.63) is 27.6 Å². The Kier molecular flexibility index (Phi) is 4.03. The standard InChI is InChI=1S/C12H10ClNO3S2/c1-14-11(16)9(19-12(14)18)5-6-3-7(13)10(15)8(4-6)17-2/h3-5,15H,1-2H3/b9-5+. The summed E-state index contributed by atoms with van der Waals surface area (Å²) in [4.78, 5) is 13.8. The third-order valence-corrected chi connectivity index (χ3v) is 4.33. The summed E-state index contributed by atoms with van der Waals surface area (Å²) < 4.78 is 5.52. The largest absolute Gasteiger partial charge is 0.503 e. The molecule has 0 radical (unpaired) electrons. The van der Waals surface area contributed by atoms with Crippen LogP contribution in [0.2, 0.25) is 5.02 Å². The van der Waals surface area contributed by atoms with E-state index in [0.717, 1.165) is 0 Å². The van der Waals surface area contributed by atoms with Crippen molar-refractivity contribution in [2.45, 2.75) is 0 Å². The molecule has 1 aliphatic rings. The summed E-state index contributed by atoms with van der Waals surface area (Å²) in [5.41, 5.74) is 0.661. The van der Waals surface area contributed by atoms with E-state index in [4.69, 9.17) is 28.6 Å². The molecule has 4 nitrogen and oxygen atoms in total. The molecule has 0 aliphatic carbocycles. The lowest BCUT2D eigenvalue weighted by Gasteiger charge is -2.06. The van der Waals surface area contributed by atoms with Gasteiger partial charge in [-0.15, -0.1) is 0 Å². The van der Waals surface area contributed by atoms with Crippen LogP contribution in [0.1, 0.15) is 5.56 Å². The van der Waals surface area contributed by atoms with Crippen LogP contribution in [0.25, 0.3) is 6.08 Å². The number of methoxy groups -OCH3 is 1. The zero-order chi connectivity index (χ0) is 14.2. The van der Waals surface area contributed by atoms with Crippen molar-refractivity contribution in [1.29, 1.82) is 0 Å². The van der Waals surface area contributed by atoms with E-state index in [1.54, 1.807) is 25.3 Å². The number of likely N-dealkylation sites (N-methyl/N-ethyl adjacent to an activating group) is 1. The van der Waals surface area contributed by atoms with Crippen LogP contribution < -0.4 is 4.74 Å². The molecule has 0 saturated carbocycles. The monoisotopic (exact) mass is 315 g/mol. The number of carbonyl (C=O) groups is 1. The van der Waals surface area contributed by atoms with Crippen molar-refractivity contribution < 1.29 is 14.6 Å². The molecule has 0 bridgehead atoms. The molecule has 1 aromatic carbocycles. The number of phenols is 1. The number of hydrogen-bond donors (Lipinski definition) is 1. The third kappa shape index (κ3) is 2.70. The van der Waals surface area contributed by atoms with E-state index in [2.05, 4.69) is 0 Å². The van der Waals surface area contributed by atoms with Gasteiger partial charge in [0.1, 0.15) is 4.32 Å². The number of carbonyl (C=O) groups excluding carboxylic acids is 1. The number of aromatic hydroxyl groups is 1. The number of thiocarbonyl (C=S) groups is 1. The summed E-state index contributed by atoms with van der Waals surface area (Å²) in [6.07, 6.45) is 1.66. The maximum atomic E-state index is 11.9. The highest BCUT2D eigenvalue weighted by atomic mass is 35.5. The molecule has 7 heteroatoms. The number of halogens is 1. The van der Waals surface area contributed by atoms with Gasteiger partial charge in [-0.2, -0.15) is 0 Å². The molecule has 0 aromatic heterocycles. The van der Waals surface area contributed by atoms with Gasteiger partial charge < -0.3 is 9.84 Å². The topological polar surface area (TPSA) is 49.8 Å². The van der Waals surface area contributed by atoms with Crippen LogP contribution in [0.15, 0.2) is 17.0 Å². The summed E-state index contributed by atoms with van der Waals surface area (Å²) in [7, 11) is 3.06. The van der Waals surface area contributed by atoms with E-state index in [1.165, 1.54) is 23.8 Å². The normalized spacial score (nSPS) is 17.4. The first-order valence-electron chi connectivity index (χ1n) is 5.22. The van der Waals surface area contributed by atoms with Crippen molar-refractivity contribution in [2.24, 2.45) is 0 Å². The molecule has 1 fully saturated rings. The molecule has 0 atom stereocenters. The maximum Gasteiger partial charge on any atom is 0.265 e. The first-order valence-corrected chi connectivity index (χ1v) is 6.82. The molecule has 1 aliphatic heterocycles. The Bertz CT molecular complexity index is 601. The Labute approximate surface area is 125 Å². The molecule has 100 valence electrons. The SMILES string of the molecule is COc1cc(/C=C2/SC(=S)N(C)C2=O)cc(Cl)c1O. The van der Waals surface area contributed by atoms with Gasteiger partial charge in [0.05, 0.1) is 17.0 Å². The van der Waals surface area contributed by atoms with Gasteiger partial charge in [-0.25, -0.2) is 0 Å². The Morgan fingerprint density at radius 3 is 2.74 bits per heavy atom. The summed E-state index contributed by atoms with van der Waals surface area (Å²) >= 11 is 12.2. The lowest BCUT2D eigenvalue weighted by molar-refractivity contribution is -0.121. The smallest absolute Gasteiger partial charge is 0.265 e. The van der Waals surface area contributed by atoms with Gasteiger partial charge in [0.25, 0.3) is 5.91 Å². The van der Waals surface area contributed by atoms with Crippen LogP contribution in [0, 0.1) is 0 Å². The highest BCUT2D eigenvalue weighted by Gasteiger charge is 2.28. The van der Waals surface area contributed by atoms with Crippen LogP contribution >= 0.6 is 35.6 Å². The highest BCUT2D eigenvalue weighted by molar-refractivity contribution is 8.26. The summed E-state index contributed by atoms with van der Waals surface area (Å²) in [5.74, 6) is -0.0201. The zero-order valence-corrected chi connectivity index (χ0v) is 12.5. The van der Waals surface area contributed by atoms with Crippen molar-refractivity contribution >= 4 is 51.9 Å². The second-order valence-electron chi connectivity index (χ2n) is 3.79. The van der Waals surface area contributed by atoms with E-state index in [-0.39, 0.29) is 22.4 Å².